The smallest absolute Gasteiger partial charge is 0.423 e. The first-order chi connectivity index (χ1) is 11.3. The predicted molar refractivity (Wildman–Crippen MR) is 78.7 cm³/mol. The van der Waals surface area contributed by atoms with Gasteiger partial charge in [0.2, 0.25) is 0 Å². The topological polar surface area (TPSA) is 81.5 Å². The molecule has 0 aromatic heterocycles. The molecular weight excluding hydrogens is 329 g/mol. The molecule has 0 saturated heterocycles. The number of hydrogen-bond acceptors (Lipinski definition) is 4. The third-order valence-electron chi connectivity index (χ3n) is 2.90. The molecule has 0 aliphatic carbocycles. The summed E-state index contributed by atoms with van der Waals surface area (Å²) in [5, 5.41) is 12.9. The van der Waals surface area contributed by atoms with Crippen molar-refractivity contribution < 1.29 is 27.6 Å². The third-order valence-corrected chi connectivity index (χ3v) is 2.90. The molecule has 126 valence electrons. The number of nitro benzene ring substituents is 1. The number of halogens is 3. The molecule has 6 nitrogen and oxygen atoms in total. The Hall–Kier alpha value is -3.10. The molecular formula is C15H11F3N2O4. The highest BCUT2D eigenvalue weighted by atomic mass is 19.4. The first kappa shape index (κ1) is 17.3. The molecule has 0 aliphatic heterocycles. The zero-order valence-electron chi connectivity index (χ0n) is 12.0. The van der Waals surface area contributed by atoms with Crippen LogP contribution in [0.5, 0.6) is 5.75 Å². The Morgan fingerprint density at radius 2 is 1.83 bits per heavy atom. The highest BCUT2D eigenvalue weighted by Crippen LogP contribution is 2.37. The van der Waals surface area contributed by atoms with Crippen LogP contribution in [-0.4, -0.2) is 17.4 Å². The molecule has 0 bridgehead atoms. The van der Waals surface area contributed by atoms with Gasteiger partial charge < -0.3 is 10.1 Å². The number of ether oxygens (including phenoxy) is 1. The van der Waals surface area contributed by atoms with E-state index in [4.69, 9.17) is 4.74 Å². The Morgan fingerprint density at radius 3 is 2.42 bits per heavy atom. The monoisotopic (exact) mass is 340 g/mol. The predicted octanol–water partition coefficient (Wildman–Crippen LogP) is 3.63. The maximum atomic E-state index is 12.9. The van der Waals surface area contributed by atoms with Crippen LogP contribution in [0.25, 0.3) is 0 Å². The number of nitro groups is 1. The van der Waals surface area contributed by atoms with Crippen LogP contribution < -0.4 is 10.1 Å². The number of alkyl halides is 3. The molecule has 0 spiro atoms. The maximum absolute atomic E-state index is 12.9. The number of benzene rings is 2. The van der Waals surface area contributed by atoms with Gasteiger partial charge in [0.25, 0.3) is 11.6 Å². The number of amides is 1. The minimum Gasteiger partial charge on any atom is -0.484 e. The summed E-state index contributed by atoms with van der Waals surface area (Å²) in [6.45, 7) is -0.414. The van der Waals surface area contributed by atoms with Crippen molar-refractivity contribution in [1.82, 2.24) is 0 Å². The molecule has 2 aromatic rings. The molecule has 9 heteroatoms. The standard InChI is InChI=1S/C15H11F3N2O4/c16-15(17,18)12-8-10(6-7-13(12)20(22)23)19-14(21)9-24-11-4-2-1-3-5-11/h1-8H,9H2,(H,19,21). The van der Waals surface area contributed by atoms with Crippen molar-refractivity contribution in [2.75, 3.05) is 11.9 Å². The molecule has 0 saturated carbocycles. The van der Waals surface area contributed by atoms with Crippen molar-refractivity contribution in [3.8, 4) is 5.75 Å². The molecule has 0 fully saturated rings. The quantitative estimate of drug-likeness (QED) is 0.666. The number of nitrogens with one attached hydrogen (secondary N) is 1. The Kier molecular flexibility index (Phi) is 5.02. The van der Waals surface area contributed by atoms with Gasteiger partial charge in [0.1, 0.15) is 11.3 Å². The van der Waals surface area contributed by atoms with Crippen LogP contribution in [0.15, 0.2) is 48.5 Å². The number of nitrogens with zero attached hydrogens (tertiary/aromatic N) is 1. The van der Waals surface area contributed by atoms with Gasteiger partial charge in [-0.1, -0.05) is 18.2 Å². The first-order valence-electron chi connectivity index (χ1n) is 6.60. The summed E-state index contributed by atoms with van der Waals surface area (Å²) in [6.07, 6.45) is -4.91. The second-order valence-electron chi connectivity index (χ2n) is 4.64. The number of para-hydroxylation sites is 1. The average molecular weight is 340 g/mol. The summed E-state index contributed by atoms with van der Waals surface area (Å²) in [7, 11) is 0. The van der Waals surface area contributed by atoms with Gasteiger partial charge in [-0.3, -0.25) is 14.9 Å². The van der Waals surface area contributed by atoms with Crippen molar-refractivity contribution in [1.29, 1.82) is 0 Å². The van der Waals surface area contributed by atoms with Crippen molar-refractivity contribution in [3.05, 3.63) is 64.2 Å². The van der Waals surface area contributed by atoms with Crippen LogP contribution >= 0.6 is 0 Å². The number of carbonyl (C=O) groups excluding carboxylic acids is 1. The number of carbonyl (C=O) groups is 1. The highest BCUT2D eigenvalue weighted by Gasteiger charge is 2.38. The van der Waals surface area contributed by atoms with Gasteiger partial charge >= 0.3 is 6.18 Å². The fourth-order valence-electron chi connectivity index (χ4n) is 1.86. The average Bonchev–Trinajstić information content (AvgIpc) is 2.53. The van der Waals surface area contributed by atoms with E-state index in [-0.39, 0.29) is 5.69 Å². The maximum Gasteiger partial charge on any atom is 0.423 e. The lowest BCUT2D eigenvalue weighted by molar-refractivity contribution is -0.388. The molecule has 24 heavy (non-hydrogen) atoms. The van der Waals surface area contributed by atoms with E-state index in [1.165, 1.54) is 0 Å². The number of rotatable bonds is 5. The zero-order chi connectivity index (χ0) is 17.7. The summed E-state index contributed by atoms with van der Waals surface area (Å²) in [6, 6.07) is 10.6. The highest BCUT2D eigenvalue weighted by molar-refractivity contribution is 5.92. The molecule has 2 rings (SSSR count). The minimum atomic E-state index is -4.91. The molecule has 0 unspecified atom stereocenters. The van der Waals surface area contributed by atoms with Gasteiger partial charge in [0.15, 0.2) is 6.61 Å². The van der Waals surface area contributed by atoms with E-state index in [0.29, 0.717) is 17.9 Å². The van der Waals surface area contributed by atoms with Crippen LogP contribution in [0, 0.1) is 10.1 Å². The Morgan fingerprint density at radius 1 is 1.17 bits per heavy atom. The summed E-state index contributed by atoms with van der Waals surface area (Å²) < 4.78 is 43.7. The van der Waals surface area contributed by atoms with Crippen LogP contribution in [-0.2, 0) is 11.0 Å². The number of anilines is 1. The van der Waals surface area contributed by atoms with Gasteiger partial charge in [-0.05, 0) is 24.3 Å². The van der Waals surface area contributed by atoms with E-state index in [1.54, 1.807) is 30.3 Å². The molecule has 2 aromatic carbocycles. The van der Waals surface area contributed by atoms with E-state index in [9.17, 15) is 28.1 Å². The minimum absolute atomic E-state index is 0.213. The Bertz CT molecular complexity index is 748. The van der Waals surface area contributed by atoms with Gasteiger partial charge in [0, 0.05) is 11.8 Å². The lowest BCUT2D eigenvalue weighted by Crippen LogP contribution is -2.20. The van der Waals surface area contributed by atoms with Crippen molar-refractivity contribution in [3.63, 3.8) is 0 Å². The van der Waals surface area contributed by atoms with E-state index in [1.807, 2.05) is 0 Å². The van der Waals surface area contributed by atoms with Gasteiger partial charge in [-0.2, -0.15) is 13.2 Å². The molecule has 0 heterocycles. The van der Waals surface area contributed by atoms with Crippen LogP contribution in [0.4, 0.5) is 24.5 Å². The molecule has 1 N–H and O–H groups in total. The number of hydrogen-bond donors (Lipinski definition) is 1. The second kappa shape index (κ2) is 6.99. The summed E-state index contributed by atoms with van der Waals surface area (Å²) in [5.41, 5.74) is -2.73. The largest absolute Gasteiger partial charge is 0.484 e. The summed E-state index contributed by atoms with van der Waals surface area (Å²) >= 11 is 0. The molecule has 0 atom stereocenters. The van der Waals surface area contributed by atoms with Gasteiger partial charge in [-0.15, -0.1) is 0 Å². The van der Waals surface area contributed by atoms with Crippen molar-refractivity contribution in [2.24, 2.45) is 0 Å². The lowest BCUT2D eigenvalue weighted by atomic mass is 10.1. The lowest BCUT2D eigenvalue weighted by Gasteiger charge is -2.11. The molecule has 0 radical (unpaired) electrons. The summed E-state index contributed by atoms with van der Waals surface area (Å²) in [4.78, 5) is 21.2. The normalized spacial score (nSPS) is 11.0. The van der Waals surface area contributed by atoms with Crippen LogP contribution in [0.3, 0.4) is 0 Å². The van der Waals surface area contributed by atoms with E-state index in [0.717, 1.165) is 6.07 Å². The Balaban J connectivity index is 2.09. The van der Waals surface area contributed by atoms with Gasteiger partial charge in [0.05, 0.1) is 4.92 Å². The van der Waals surface area contributed by atoms with Crippen LogP contribution in [0.2, 0.25) is 0 Å². The van der Waals surface area contributed by atoms with Crippen molar-refractivity contribution in [2.45, 2.75) is 6.18 Å². The third kappa shape index (κ3) is 4.45. The van der Waals surface area contributed by atoms with E-state index >= 15 is 0 Å². The van der Waals surface area contributed by atoms with Gasteiger partial charge in [-0.25, -0.2) is 0 Å². The van der Waals surface area contributed by atoms with E-state index < -0.39 is 34.9 Å². The molecule has 1 amide bonds. The summed E-state index contributed by atoms with van der Waals surface area (Å²) in [5.74, 6) is -0.270. The van der Waals surface area contributed by atoms with Crippen molar-refractivity contribution >= 4 is 17.3 Å². The fraction of sp³-hybridized carbons (Fsp3) is 0.133. The Labute approximate surface area is 134 Å². The molecule has 0 aliphatic rings. The first-order valence-corrected chi connectivity index (χ1v) is 6.60. The van der Waals surface area contributed by atoms with Crippen LogP contribution in [0.1, 0.15) is 5.56 Å². The second-order valence-corrected chi connectivity index (χ2v) is 4.64. The fourth-order valence-corrected chi connectivity index (χ4v) is 1.86. The SMILES string of the molecule is O=C(COc1ccccc1)Nc1ccc([N+](=O)[O-])c(C(F)(F)F)c1. The van der Waals surface area contributed by atoms with E-state index in [2.05, 4.69) is 5.32 Å². The zero-order valence-corrected chi connectivity index (χ0v) is 12.0.